The van der Waals surface area contributed by atoms with Gasteiger partial charge in [0.15, 0.2) is 11.9 Å². The number of nitrogens with zero attached hydrogens (tertiary/aromatic N) is 3. The third-order valence-electron chi connectivity index (χ3n) is 5.26. The number of benzene rings is 2. The highest BCUT2D eigenvalue weighted by Gasteiger charge is 2.36. The molecule has 0 saturated heterocycles. The van der Waals surface area contributed by atoms with Gasteiger partial charge in [0.05, 0.1) is 16.7 Å². The highest BCUT2D eigenvalue weighted by Crippen LogP contribution is 2.26. The van der Waals surface area contributed by atoms with E-state index in [9.17, 15) is 14.4 Å². The van der Waals surface area contributed by atoms with Crippen molar-refractivity contribution in [3.05, 3.63) is 82.5 Å². The Hall–Kier alpha value is -3.81. The molecular weight excluding hydrogens is 410 g/mol. The van der Waals surface area contributed by atoms with E-state index in [4.69, 9.17) is 9.26 Å². The summed E-state index contributed by atoms with van der Waals surface area (Å²) < 4.78 is 10.6. The smallest absolute Gasteiger partial charge is 0.338 e. The van der Waals surface area contributed by atoms with Crippen LogP contribution in [0.3, 0.4) is 0 Å². The van der Waals surface area contributed by atoms with Crippen LogP contribution in [0.2, 0.25) is 0 Å². The van der Waals surface area contributed by atoms with Crippen molar-refractivity contribution < 1.29 is 23.6 Å². The van der Waals surface area contributed by atoms with Gasteiger partial charge in [-0.05, 0) is 43.5 Å². The summed E-state index contributed by atoms with van der Waals surface area (Å²) in [4.78, 5) is 43.6. The van der Waals surface area contributed by atoms with Crippen LogP contribution in [-0.4, -0.2) is 39.4 Å². The molecule has 0 fully saturated rings. The van der Waals surface area contributed by atoms with E-state index in [-0.39, 0.29) is 35.0 Å². The average molecular weight is 433 g/mol. The van der Waals surface area contributed by atoms with Gasteiger partial charge in [0.25, 0.3) is 17.7 Å². The molecule has 0 aliphatic carbocycles. The molecule has 0 spiro atoms. The second kappa shape index (κ2) is 9.13. The minimum absolute atomic E-state index is 0.176. The van der Waals surface area contributed by atoms with E-state index < -0.39 is 18.0 Å². The van der Waals surface area contributed by atoms with Crippen LogP contribution in [0.5, 0.6) is 0 Å². The first kappa shape index (κ1) is 21.4. The van der Waals surface area contributed by atoms with Gasteiger partial charge in [0, 0.05) is 13.0 Å². The number of aryl methyl sites for hydroxylation is 1. The minimum Gasteiger partial charge on any atom is -0.449 e. The number of esters is 1. The molecule has 1 unspecified atom stereocenters. The van der Waals surface area contributed by atoms with E-state index in [2.05, 4.69) is 10.1 Å². The fourth-order valence-corrected chi connectivity index (χ4v) is 3.54. The molecule has 1 atom stereocenters. The first-order valence-corrected chi connectivity index (χ1v) is 10.6. The molecule has 1 aliphatic heterocycles. The van der Waals surface area contributed by atoms with E-state index in [1.165, 1.54) is 23.1 Å². The van der Waals surface area contributed by atoms with Crippen molar-refractivity contribution in [2.45, 2.75) is 39.2 Å². The number of aromatic nitrogens is 2. The molecule has 3 aromatic rings. The number of rotatable bonds is 8. The predicted octanol–water partition coefficient (Wildman–Crippen LogP) is 3.78. The van der Waals surface area contributed by atoms with Gasteiger partial charge in [0.2, 0.25) is 0 Å². The lowest BCUT2D eigenvalue weighted by Gasteiger charge is -2.13. The van der Waals surface area contributed by atoms with Crippen LogP contribution in [0.25, 0.3) is 0 Å². The molecule has 1 aromatic heterocycles. The number of carbonyl (C=O) groups is 3. The Labute approximate surface area is 185 Å². The van der Waals surface area contributed by atoms with Crippen LogP contribution in [0.4, 0.5) is 0 Å². The summed E-state index contributed by atoms with van der Waals surface area (Å²) in [6, 6.07) is 14.0. The molecule has 8 heteroatoms. The van der Waals surface area contributed by atoms with Crippen molar-refractivity contribution in [3.63, 3.8) is 0 Å². The Bertz CT molecular complexity index is 1160. The van der Waals surface area contributed by atoms with Crippen molar-refractivity contribution in [3.8, 4) is 0 Å². The first-order chi connectivity index (χ1) is 15.5. The molecule has 2 aromatic carbocycles. The van der Waals surface area contributed by atoms with E-state index in [0.717, 1.165) is 12.0 Å². The van der Waals surface area contributed by atoms with Crippen LogP contribution in [0.15, 0.2) is 53.1 Å². The maximum absolute atomic E-state index is 12.8. The monoisotopic (exact) mass is 433 g/mol. The van der Waals surface area contributed by atoms with Gasteiger partial charge in [-0.2, -0.15) is 4.98 Å². The Kier molecular flexibility index (Phi) is 6.11. The maximum Gasteiger partial charge on any atom is 0.338 e. The Balaban J connectivity index is 1.44. The van der Waals surface area contributed by atoms with Crippen LogP contribution >= 0.6 is 0 Å². The SMILES string of the molecule is CCCc1noc(C(C)OC(=O)c2ccc3c(c2)C(=O)N(CCc2ccccc2)C3=O)n1. The van der Waals surface area contributed by atoms with Gasteiger partial charge in [-0.3, -0.25) is 14.5 Å². The van der Waals surface area contributed by atoms with Gasteiger partial charge in [-0.15, -0.1) is 0 Å². The Morgan fingerprint density at radius 3 is 2.56 bits per heavy atom. The molecule has 2 heterocycles. The van der Waals surface area contributed by atoms with E-state index in [1.54, 1.807) is 6.92 Å². The summed E-state index contributed by atoms with van der Waals surface area (Å²) in [5.74, 6) is -0.643. The molecule has 0 saturated carbocycles. The maximum atomic E-state index is 12.8. The van der Waals surface area contributed by atoms with Crippen molar-refractivity contribution >= 4 is 17.8 Å². The normalized spacial score (nSPS) is 13.9. The Morgan fingerprint density at radius 1 is 1.06 bits per heavy atom. The van der Waals surface area contributed by atoms with Crippen LogP contribution in [0, 0.1) is 0 Å². The number of hydrogen-bond donors (Lipinski definition) is 0. The zero-order valence-corrected chi connectivity index (χ0v) is 17.9. The second-order valence-corrected chi connectivity index (χ2v) is 7.60. The zero-order chi connectivity index (χ0) is 22.7. The standard InChI is InChI=1S/C24H23N3O5/c1-3-7-20-25-21(32-26-20)15(2)31-24(30)17-10-11-18-19(14-17)23(29)27(22(18)28)13-12-16-8-5-4-6-9-16/h4-6,8-11,14-15H,3,7,12-13H2,1-2H3. The fraction of sp³-hybridized carbons (Fsp3) is 0.292. The topological polar surface area (TPSA) is 103 Å². The largest absolute Gasteiger partial charge is 0.449 e. The van der Waals surface area contributed by atoms with Gasteiger partial charge in [-0.1, -0.05) is 42.4 Å². The first-order valence-electron chi connectivity index (χ1n) is 10.6. The molecule has 2 amide bonds. The van der Waals surface area contributed by atoms with Crippen LogP contribution in [-0.2, 0) is 17.6 Å². The lowest BCUT2D eigenvalue weighted by atomic mass is 10.1. The molecule has 32 heavy (non-hydrogen) atoms. The van der Waals surface area contributed by atoms with Crippen molar-refractivity contribution in [2.24, 2.45) is 0 Å². The number of ether oxygens (including phenoxy) is 1. The molecule has 8 nitrogen and oxygen atoms in total. The van der Waals surface area contributed by atoms with E-state index in [0.29, 0.717) is 18.7 Å². The predicted molar refractivity (Wildman–Crippen MR) is 114 cm³/mol. The van der Waals surface area contributed by atoms with Crippen molar-refractivity contribution in [2.75, 3.05) is 6.54 Å². The van der Waals surface area contributed by atoms with Gasteiger partial charge < -0.3 is 9.26 Å². The summed E-state index contributed by atoms with van der Waals surface area (Å²) in [5.41, 5.74) is 1.70. The highest BCUT2D eigenvalue weighted by molar-refractivity contribution is 6.22. The fourth-order valence-electron chi connectivity index (χ4n) is 3.54. The quantitative estimate of drug-likeness (QED) is 0.393. The summed E-state index contributed by atoms with van der Waals surface area (Å²) in [6.07, 6.45) is 1.36. The molecule has 4 rings (SSSR count). The molecule has 164 valence electrons. The third-order valence-corrected chi connectivity index (χ3v) is 5.26. The average Bonchev–Trinajstić information content (AvgIpc) is 3.36. The second-order valence-electron chi connectivity index (χ2n) is 7.60. The molecule has 0 bridgehead atoms. The van der Waals surface area contributed by atoms with Crippen molar-refractivity contribution in [1.82, 2.24) is 15.0 Å². The summed E-state index contributed by atoms with van der Waals surface area (Å²) >= 11 is 0. The van der Waals surface area contributed by atoms with Crippen molar-refractivity contribution in [1.29, 1.82) is 0 Å². The number of amides is 2. The van der Waals surface area contributed by atoms with Crippen LogP contribution < -0.4 is 0 Å². The summed E-state index contributed by atoms with van der Waals surface area (Å²) in [5, 5.41) is 3.86. The number of fused-ring (bicyclic) bond motifs is 1. The summed E-state index contributed by atoms with van der Waals surface area (Å²) in [7, 11) is 0. The van der Waals surface area contributed by atoms with Gasteiger partial charge >= 0.3 is 5.97 Å². The minimum atomic E-state index is -0.742. The lowest BCUT2D eigenvalue weighted by Crippen LogP contribution is -2.31. The van der Waals surface area contributed by atoms with Gasteiger partial charge in [0.1, 0.15) is 0 Å². The van der Waals surface area contributed by atoms with E-state index >= 15 is 0 Å². The lowest BCUT2D eigenvalue weighted by molar-refractivity contribution is 0.0265. The molecule has 0 radical (unpaired) electrons. The number of hydrogen-bond acceptors (Lipinski definition) is 7. The third kappa shape index (κ3) is 4.30. The Morgan fingerprint density at radius 2 is 1.81 bits per heavy atom. The molecular formula is C24H23N3O5. The summed E-state index contributed by atoms with van der Waals surface area (Å²) in [6.45, 7) is 3.90. The zero-order valence-electron chi connectivity index (χ0n) is 17.9. The van der Waals surface area contributed by atoms with Gasteiger partial charge in [-0.25, -0.2) is 4.79 Å². The van der Waals surface area contributed by atoms with Crippen LogP contribution in [0.1, 0.15) is 74.7 Å². The number of imide groups is 1. The number of carbonyl (C=O) groups excluding carboxylic acids is 3. The highest BCUT2D eigenvalue weighted by atomic mass is 16.6. The molecule has 0 N–H and O–H groups in total. The molecule has 1 aliphatic rings. The van der Waals surface area contributed by atoms with E-state index in [1.807, 2.05) is 37.3 Å².